The second-order valence-electron chi connectivity index (χ2n) is 2.51. The van der Waals surface area contributed by atoms with Crippen LogP contribution in [0, 0.1) is 0 Å². The number of nitrogens with one attached hydrogen (secondary N) is 1. The Labute approximate surface area is 75.9 Å². The summed E-state index contributed by atoms with van der Waals surface area (Å²) < 4.78 is 2.75. The SMILES string of the molecule is NCCCN(N)C1=CC(O)NS1. The van der Waals surface area contributed by atoms with Gasteiger partial charge in [0.1, 0.15) is 11.3 Å². The van der Waals surface area contributed by atoms with Crippen LogP contribution < -0.4 is 16.3 Å². The zero-order valence-electron chi connectivity index (χ0n) is 6.73. The molecule has 1 atom stereocenters. The lowest BCUT2D eigenvalue weighted by atomic mass is 10.4. The van der Waals surface area contributed by atoms with E-state index in [1.54, 1.807) is 11.1 Å². The van der Waals surface area contributed by atoms with Crippen LogP contribution in [0.2, 0.25) is 0 Å². The molecule has 1 rings (SSSR count). The van der Waals surface area contributed by atoms with Crippen molar-refractivity contribution in [2.24, 2.45) is 11.6 Å². The van der Waals surface area contributed by atoms with Gasteiger partial charge in [0.2, 0.25) is 0 Å². The first-order valence-corrected chi connectivity index (χ1v) is 4.60. The Bertz CT molecular complexity index is 175. The van der Waals surface area contributed by atoms with Gasteiger partial charge in [-0.3, -0.25) is 0 Å². The number of rotatable bonds is 4. The smallest absolute Gasteiger partial charge is 0.136 e. The summed E-state index contributed by atoms with van der Waals surface area (Å²) in [4.78, 5) is 0. The van der Waals surface area contributed by atoms with Crippen LogP contribution in [0.1, 0.15) is 6.42 Å². The van der Waals surface area contributed by atoms with Crippen LogP contribution in [-0.2, 0) is 0 Å². The predicted octanol–water partition coefficient (Wildman–Crippen LogP) is -1.08. The molecule has 1 aliphatic heterocycles. The summed E-state index contributed by atoms with van der Waals surface area (Å²) in [5.41, 5.74) is 5.33. The van der Waals surface area contributed by atoms with Crippen molar-refractivity contribution >= 4 is 11.9 Å². The standard InChI is InChI=1S/C6H14N4OS/c7-2-1-3-10(8)6-4-5(11)9-12-6/h4-5,9,11H,1-3,7-8H2. The summed E-state index contributed by atoms with van der Waals surface area (Å²) in [6, 6.07) is 0. The molecule has 0 bridgehead atoms. The third-order valence-corrected chi connectivity index (χ3v) is 2.41. The fourth-order valence-corrected chi connectivity index (χ4v) is 1.57. The van der Waals surface area contributed by atoms with Gasteiger partial charge in [-0.2, -0.15) is 0 Å². The molecule has 6 heteroatoms. The van der Waals surface area contributed by atoms with Crippen LogP contribution in [0.4, 0.5) is 0 Å². The van der Waals surface area contributed by atoms with E-state index < -0.39 is 6.23 Å². The maximum absolute atomic E-state index is 9.06. The van der Waals surface area contributed by atoms with Gasteiger partial charge in [-0.15, -0.1) is 0 Å². The molecule has 1 heterocycles. The summed E-state index contributed by atoms with van der Waals surface area (Å²) in [5.74, 6) is 5.66. The van der Waals surface area contributed by atoms with E-state index in [0.29, 0.717) is 13.1 Å². The summed E-state index contributed by atoms with van der Waals surface area (Å²) in [7, 11) is 0. The van der Waals surface area contributed by atoms with Gasteiger partial charge in [0.25, 0.3) is 0 Å². The Morgan fingerprint density at radius 3 is 3.00 bits per heavy atom. The molecule has 0 saturated heterocycles. The van der Waals surface area contributed by atoms with Crippen LogP contribution >= 0.6 is 11.9 Å². The van der Waals surface area contributed by atoms with Gasteiger partial charge >= 0.3 is 0 Å². The van der Waals surface area contributed by atoms with Crippen molar-refractivity contribution in [1.29, 1.82) is 0 Å². The van der Waals surface area contributed by atoms with E-state index in [2.05, 4.69) is 4.72 Å². The molecule has 0 aromatic carbocycles. The van der Waals surface area contributed by atoms with Crippen molar-refractivity contribution in [3.05, 3.63) is 11.1 Å². The number of hydrogen-bond donors (Lipinski definition) is 4. The number of nitrogens with zero attached hydrogens (tertiary/aromatic N) is 1. The molecule has 0 spiro atoms. The van der Waals surface area contributed by atoms with E-state index >= 15 is 0 Å². The number of aliphatic hydroxyl groups is 1. The fraction of sp³-hybridized carbons (Fsp3) is 0.667. The summed E-state index contributed by atoms with van der Waals surface area (Å²) >= 11 is 1.33. The minimum atomic E-state index is -0.589. The number of hydrogen-bond acceptors (Lipinski definition) is 6. The minimum Gasteiger partial charge on any atom is -0.374 e. The van der Waals surface area contributed by atoms with Crippen LogP contribution in [0.25, 0.3) is 0 Å². The van der Waals surface area contributed by atoms with Gasteiger partial charge in [0, 0.05) is 6.54 Å². The first-order chi connectivity index (χ1) is 5.74. The quantitative estimate of drug-likeness (QED) is 0.256. The van der Waals surface area contributed by atoms with Crippen LogP contribution in [0.3, 0.4) is 0 Å². The third-order valence-electron chi connectivity index (χ3n) is 1.47. The zero-order valence-corrected chi connectivity index (χ0v) is 7.55. The number of nitrogens with two attached hydrogens (primary N) is 2. The molecule has 1 aliphatic rings. The molecule has 0 saturated carbocycles. The predicted molar refractivity (Wildman–Crippen MR) is 49.4 cm³/mol. The highest BCUT2D eigenvalue weighted by Crippen LogP contribution is 2.21. The van der Waals surface area contributed by atoms with Gasteiger partial charge in [-0.1, -0.05) is 0 Å². The van der Waals surface area contributed by atoms with Gasteiger partial charge in [-0.25, -0.2) is 10.6 Å². The highest BCUT2D eigenvalue weighted by atomic mass is 32.2. The van der Waals surface area contributed by atoms with E-state index in [4.69, 9.17) is 16.7 Å². The summed E-state index contributed by atoms with van der Waals surface area (Å²) in [6.45, 7) is 1.34. The molecule has 0 fully saturated rings. The van der Waals surface area contributed by atoms with Crippen LogP contribution in [0.5, 0.6) is 0 Å². The van der Waals surface area contributed by atoms with Crippen molar-refractivity contribution < 1.29 is 5.11 Å². The van der Waals surface area contributed by atoms with Crippen molar-refractivity contribution in [1.82, 2.24) is 9.73 Å². The lowest BCUT2D eigenvalue weighted by Crippen LogP contribution is -2.30. The van der Waals surface area contributed by atoms with Gasteiger partial charge in [0.05, 0.1) is 0 Å². The third kappa shape index (κ3) is 2.65. The first-order valence-electron chi connectivity index (χ1n) is 3.78. The molecule has 1 unspecified atom stereocenters. The summed E-state index contributed by atoms with van der Waals surface area (Å²) in [5, 5.41) is 11.5. The topological polar surface area (TPSA) is 87.5 Å². The highest BCUT2D eigenvalue weighted by Gasteiger charge is 2.15. The zero-order chi connectivity index (χ0) is 8.97. The Morgan fingerprint density at radius 2 is 2.50 bits per heavy atom. The normalized spacial score (nSPS) is 22.6. The first kappa shape index (κ1) is 9.82. The number of aliphatic hydroxyl groups excluding tert-OH is 1. The van der Waals surface area contributed by atoms with E-state index in [1.807, 2.05) is 0 Å². The molecule has 70 valence electrons. The highest BCUT2D eigenvalue weighted by molar-refractivity contribution is 8.01. The van der Waals surface area contributed by atoms with E-state index in [0.717, 1.165) is 11.4 Å². The van der Waals surface area contributed by atoms with Crippen LogP contribution in [-0.4, -0.2) is 29.4 Å². The van der Waals surface area contributed by atoms with Crippen molar-refractivity contribution in [3.8, 4) is 0 Å². The maximum atomic E-state index is 9.06. The van der Waals surface area contributed by atoms with Crippen molar-refractivity contribution in [2.75, 3.05) is 13.1 Å². The maximum Gasteiger partial charge on any atom is 0.136 e. The second-order valence-corrected chi connectivity index (χ2v) is 3.36. The molecule has 5 nitrogen and oxygen atoms in total. The average Bonchev–Trinajstić information content (AvgIpc) is 2.47. The van der Waals surface area contributed by atoms with E-state index in [1.165, 1.54) is 11.9 Å². The minimum absolute atomic E-state index is 0.589. The molecule has 6 N–H and O–H groups in total. The Hall–Kier alpha value is -0.270. The lowest BCUT2D eigenvalue weighted by Gasteiger charge is -2.17. The molecule has 0 amide bonds. The van der Waals surface area contributed by atoms with Gasteiger partial charge < -0.3 is 15.8 Å². The molecule has 0 aliphatic carbocycles. The van der Waals surface area contributed by atoms with Crippen molar-refractivity contribution in [2.45, 2.75) is 12.6 Å². The fourth-order valence-electron chi connectivity index (χ4n) is 0.850. The molecule has 12 heavy (non-hydrogen) atoms. The van der Waals surface area contributed by atoms with E-state index in [9.17, 15) is 0 Å². The summed E-state index contributed by atoms with van der Waals surface area (Å²) in [6.07, 6.45) is 1.93. The molecule has 0 aromatic heterocycles. The average molecular weight is 190 g/mol. The largest absolute Gasteiger partial charge is 0.374 e. The Balaban J connectivity index is 2.32. The lowest BCUT2D eigenvalue weighted by molar-refractivity contribution is 0.218. The molecule has 0 radical (unpaired) electrons. The van der Waals surface area contributed by atoms with E-state index in [-0.39, 0.29) is 0 Å². The molecule has 0 aromatic rings. The van der Waals surface area contributed by atoms with Crippen LogP contribution in [0.15, 0.2) is 11.1 Å². The molecular weight excluding hydrogens is 176 g/mol. The second kappa shape index (κ2) is 4.68. The van der Waals surface area contributed by atoms with Crippen molar-refractivity contribution in [3.63, 3.8) is 0 Å². The number of hydrazine groups is 1. The Kier molecular flexibility index (Phi) is 3.83. The molecular formula is C6H14N4OS. The Morgan fingerprint density at radius 1 is 1.75 bits per heavy atom. The van der Waals surface area contributed by atoms with Gasteiger partial charge in [-0.05, 0) is 31.0 Å². The van der Waals surface area contributed by atoms with Gasteiger partial charge in [0.15, 0.2) is 0 Å². The monoisotopic (exact) mass is 190 g/mol.